The van der Waals surface area contributed by atoms with Gasteiger partial charge in [-0.1, -0.05) is 23.7 Å². The number of amides is 1. The highest BCUT2D eigenvalue weighted by molar-refractivity contribution is 6.33. The molecule has 0 unspecified atom stereocenters. The van der Waals surface area contributed by atoms with E-state index in [2.05, 4.69) is 22.3 Å². The van der Waals surface area contributed by atoms with Gasteiger partial charge in [0.25, 0.3) is 5.91 Å². The van der Waals surface area contributed by atoms with Crippen molar-refractivity contribution in [2.75, 3.05) is 23.3 Å². The highest BCUT2D eigenvalue weighted by atomic mass is 35.5. The number of carbonyl (C=O) groups is 1. The predicted octanol–water partition coefficient (Wildman–Crippen LogP) is 5.76. The summed E-state index contributed by atoms with van der Waals surface area (Å²) in [6.07, 6.45) is 2.48. The Morgan fingerprint density at radius 3 is 2.59 bits per heavy atom. The Labute approximate surface area is 163 Å². The molecule has 2 heterocycles. The zero-order valence-electron chi connectivity index (χ0n) is 15.2. The fourth-order valence-corrected chi connectivity index (χ4v) is 3.64. The monoisotopic (exact) mass is 380 g/mol. The maximum absolute atomic E-state index is 12.6. The fraction of sp³-hybridized carbons (Fsp3) is 0.227. The maximum Gasteiger partial charge on any atom is 0.291 e. The van der Waals surface area contributed by atoms with Crippen LogP contribution in [-0.4, -0.2) is 19.0 Å². The number of aryl methyl sites for hydroxylation is 1. The van der Waals surface area contributed by atoms with Crippen LogP contribution in [0.2, 0.25) is 5.02 Å². The van der Waals surface area contributed by atoms with Gasteiger partial charge in [0.05, 0.1) is 5.02 Å². The Kier molecular flexibility index (Phi) is 4.90. The van der Waals surface area contributed by atoms with Crippen LogP contribution in [-0.2, 0) is 0 Å². The molecule has 138 valence electrons. The van der Waals surface area contributed by atoms with Crippen molar-refractivity contribution in [3.8, 4) is 11.3 Å². The van der Waals surface area contributed by atoms with Crippen LogP contribution in [0.1, 0.15) is 29.0 Å². The lowest BCUT2D eigenvalue weighted by molar-refractivity contribution is 0.0997. The zero-order valence-corrected chi connectivity index (χ0v) is 15.9. The molecule has 1 aromatic heterocycles. The molecule has 0 bridgehead atoms. The van der Waals surface area contributed by atoms with Gasteiger partial charge in [-0.05, 0) is 67.8 Å². The molecule has 0 saturated carbocycles. The predicted molar refractivity (Wildman–Crippen MR) is 110 cm³/mol. The van der Waals surface area contributed by atoms with E-state index >= 15 is 0 Å². The van der Waals surface area contributed by atoms with Gasteiger partial charge in [0.2, 0.25) is 0 Å². The van der Waals surface area contributed by atoms with Gasteiger partial charge in [-0.15, -0.1) is 0 Å². The van der Waals surface area contributed by atoms with Gasteiger partial charge in [-0.3, -0.25) is 4.79 Å². The summed E-state index contributed by atoms with van der Waals surface area (Å²) in [6, 6.07) is 17.0. The van der Waals surface area contributed by atoms with Gasteiger partial charge in [-0.25, -0.2) is 0 Å². The molecule has 1 saturated heterocycles. The minimum Gasteiger partial charge on any atom is -0.451 e. The molecule has 2 aromatic carbocycles. The number of nitrogens with zero attached hydrogens (tertiary/aromatic N) is 1. The van der Waals surface area contributed by atoms with Gasteiger partial charge >= 0.3 is 0 Å². The first-order valence-corrected chi connectivity index (χ1v) is 9.51. The molecular weight excluding hydrogens is 360 g/mol. The van der Waals surface area contributed by atoms with E-state index in [4.69, 9.17) is 16.0 Å². The smallest absolute Gasteiger partial charge is 0.291 e. The van der Waals surface area contributed by atoms with Crippen molar-refractivity contribution in [2.45, 2.75) is 19.8 Å². The van der Waals surface area contributed by atoms with Gasteiger partial charge in [0, 0.05) is 30.0 Å². The lowest BCUT2D eigenvalue weighted by atomic mass is 10.1. The van der Waals surface area contributed by atoms with Gasteiger partial charge < -0.3 is 14.6 Å². The molecule has 5 heteroatoms. The Balaban J connectivity index is 1.50. The lowest BCUT2D eigenvalue weighted by Gasteiger charge is -2.19. The van der Waals surface area contributed by atoms with Crippen LogP contribution in [0, 0.1) is 6.92 Å². The van der Waals surface area contributed by atoms with Crippen LogP contribution in [0.5, 0.6) is 0 Å². The molecule has 0 atom stereocenters. The van der Waals surface area contributed by atoms with E-state index in [1.54, 1.807) is 18.2 Å². The van der Waals surface area contributed by atoms with Crippen LogP contribution in [0.25, 0.3) is 11.3 Å². The fourth-order valence-electron chi connectivity index (χ4n) is 3.41. The van der Waals surface area contributed by atoms with E-state index in [0.717, 1.165) is 29.9 Å². The Morgan fingerprint density at radius 2 is 1.85 bits per heavy atom. The number of furan rings is 1. The molecule has 3 aromatic rings. The largest absolute Gasteiger partial charge is 0.451 e. The van der Waals surface area contributed by atoms with Gasteiger partial charge in [-0.2, -0.15) is 0 Å². The molecule has 1 fully saturated rings. The van der Waals surface area contributed by atoms with Crippen LogP contribution < -0.4 is 10.2 Å². The highest BCUT2D eigenvalue weighted by Gasteiger charge is 2.16. The van der Waals surface area contributed by atoms with E-state index in [-0.39, 0.29) is 11.7 Å². The lowest BCUT2D eigenvalue weighted by Crippen LogP contribution is -2.18. The van der Waals surface area contributed by atoms with Crippen molar-refractivity contribution in [2.24, 2.45) is 0 Å². The molecule has 1 aliphatic rings. The molecule has 0 spiro atoms. The van der Waals surface area contributed by atoms with E-state index in [9.17, 15) is 4.79 Å². The van der Waals surface area contributed by atoms with E-state index < -0.39 is 0 Å². The summed E-state index contributed by atoms with van der Waals surface area (Å²) in [5.41, 5.74) is 3.80. The normalized spacial score (nSPS) is 13.8. The summed E-state index contributed by atoms with van der Waals surface area (Å²) in [5, 5.41) is 3.53. The second-order valence-corrected chi connectivity index (χ2v) is 7.20. The minimum atomic E-state index is -0.273. The molecule has 1 amide bonds. The van der Waals surface area contributed by atoms with Crippen molar-refractivity contribution >= 4 is 28.9 Å². The third-order valence-electron chi connectivity index (χ3n) is 4.90. The van der Waals surface area contributed by atoms with Gasteiger partial charge in [0.15, 0.2) is 5.76 Å². The first-order valence-electron chi connectivity index (χ1n) is 9.13. The topological polar surface area (TPSA) is 45.5 Å². The maximum atomic E-state index is 12.6. The summed E-state index contributed by atoms with van der Waals surface area (Å²) < 4.78 is 5.72. The Morgan fingerprint density at radius 1 is 1.07 bits per heavy atom. The zero-order chi connectivity index (χ0) is 18.8. The quantitative estimate of drug-likeness (QED) is 0.625. The van der Waals surface area contributed by atoms with E-state index in [0.29, 0.717) is 10.8 Å². The Hall–Kier alpha value is -2.72. The van der Waals surface area contributed by atoms with Crippen LogP contribution in [0.15, 0.2) is 59.0 Å². The van der Waals surface area contributed by atoms with Crippen LogP contribution >= 0.6 is 11.6 Å². The summed E-state index contributed by atoms with van der Waals surface area (Å²) in [7, 11) is 0. The SMILES string of the molecule is Cc1cc(N2CCCC2)ccc1NC(=O)c1ccc(-c2ccccc2Cl)o1. The number of halogens is 1. The second-order valence-electron chi connectivity index (χ2n) is 6.79. The molecule has 1 aliphatic heterocycles. The first-order chi connectivity index (χ1) is 13.1. The van der Waals surface area contributed by atoms with Crippen molar-refractivity contribution in [1.82, 2.24) is 0 Å². The van der Waals surface area contributed by atoms with Crippen molar-refractivity contribution in [1.29, 1.82) is 0 Å². The molecule has 0 radical (unpaired) electrons. The highest BCUT2D eigenvalue weighted by Crippen LogP contribution is 2.30. The average molecular weight is 381 g/mol. The summed E-state index contributed by atoms with van der Waals surface area (Å²) in [6.45, 7) is 4.21. The van der Waals surface area contributed by atoms with Crippen molar-refractivity contribution in [3.63, 3.8) is 0 Å². The molecule has 1 N–H and O–H groups in total. The first kappa shape index (κ1) is 17.7. The average Bonchev–Trinajstić information content (AvgIpc) is 3.36. The Bertz CT molecular complexity index is 974. The number of anilines is 2. The van der Waals surface area contributed by atoms with Crippen LogP contribution in [0.3, 0.4) is 0 Å². The van der Waals surface area contributed by atoms with Crippen molar-refractivity contribution < 1.29 is 9.21 Å². The number of carbonyl (C=O) groups excluding carboxylic acids is 1. The number of rotatable bonds is 4. The van der Waals surface area contributed by atoms with E-state index in [1.165, 1.54) is 18.5 Å². The third kappa shape index (κ3) is 3.71. The van der Waals surface area contributed by atoms with Crippen molar-refractivity contribution in [3.05, 3.63) is 70.9 Å². The number of hydrogen-bond acceptors (Lipinski definition) is 3. The minimum absolute atomic E-state index is 0.257. The molecule has 4 rings (SSSR count). The summed E-state index contributed by atoms with van der Waals surface area (Å²) in [4.78, 5) is 15.0. The summed E-state index contributed by atoms with van der Waals surface area (Å²) >= 11 is 6.20. The second kappa shape index (κ2) is 7.49. The number of benzene rings is 2. The number of nitrogens with one attached hydrogen (secondary N) is 1. The van der Waals surface area contributed by atoms with Crippen LogP contribution in [0.4, 0.5) is 11.4 Å². The van der Waals surface area contributed by atoms with E-state index in [1.807, 2.05) is 31.2 Å². The summed E-state index contributed by atoms with van der Waals surface area (Å²) in [5.74, 6) is 0.560. The molecule has 4 nitrogen and oxygen atoms in total. The van der Waals surface area contributed by atoms with Gasteiger partial charge in [0.1, 0.15) is 5.76 Å². The molecular formula is C22H21ClN2O2. The molecule has 27 heavy (non-hydrogen) atoms. The molecule has 0 aliphatic carbocycles. The third-order valence-corrected chi connectivity index (χ3v) is 5.23. The standard InChI is InChI=1S/C22H21ClN2O2/c1-15-14-16(25-12-4-5-13-25)8-9-19(15)24-22(26)21-11-10-20(27-21)17-6-2-3-7-18(17)23/h2-3,6-11,14H,4-5,12-13H2,1H3,(H,24,26). The number of hydrogen-bond donors (Lipinski definition) is 1.